The molecule has 142 valence electrons. The lowest BCUT2D eigenvalue weighted by molar-refractivity contribution is 0.0755. The first-order valence-corrected chi connectivity index (χ1v) is 9.98. The van der Waals surface area contributed by atoms with Gasteiger partial charge in [-0.05, 0) is 43.5 Å². The Morgan fingerprint density at radius 2 is 1.81 bits per heavy atom. The van der Waals surface area contributed by atoms with Gasteiger partial charge in [-0.1, -0.05) is 23.2 Å². The summed E-state index contributed by atoms with van der Waals surface area (Å²) in [5.74, 6) is 1.09. The maximum Gasteiger partial charge on any atom is 0.272 e. The summed E-state index contributed by atoms with van der Waals surface area (Å²) < 4.78 is 5.72. The third-order valence-electron chi connectivity index (χ3n) is 4.96. The van der Waals surface area contributed by atoms with E-state index in [4.69, 9.17) is 27.9 Å². The largest absolute Gasteiger partial charge is 0.456 e. The molecule has 1 saturated carbocycles. The number of nitrogens with zero attached hydrogens (tertiary/aromatic N) is 3. The van der Waals surface area contributed by atoms with E-state index in [9.17, 15) is 4.79 Å². The van der Waals surface area contributed by atoms with Crippen molar-refractivity contribution in [2.45, 2.75) is 25.3 Å². The molecule has 1 saturated heterocycles. The molecule has 1 aromatic heterocycles. The molecular formula is C20H21Cl2N3O2. The molecular weight excluding hydrogens is 385 g/mol. The lowest BCUT2D eigenvalue weighted by Gasteiger charge is -2.21. The second-order valence-electron chi connectivity index (χ2n) is 6.97. The van der Waals surface area contributed by atoms with Crippen molar-refractivity contribution in [2.24, 2.45) is 0 Å². The van der Waals surface area contributed by atoms with Gasteiger partial charge >= 0.3 is 0 Å². The number of rotatable bonds is 4. The van der Waals surface area contributed by atoms with Crippen LogP contribution in [0.3, 0.4) is 0 Å². The maximum absolute atomic E-state index is 12.8. The number of carbonyl (C=O) groups is 1. The van der Waals surface area contributed by atoms with Crippen molar-refractivity contribution < 1.29 is 9.53 Å². The second kappa shape index (κ2) is 8.05. The summed E-state index contributed by atoms with van der Waals surface area (Å²) in [7, 11) is 0. The molecule has 0 spiro atoms. The van der Waals surface area contributed by atoms with E-state index >= 15 is 0 Å². The normalized spacial score (nSPS) is 18.2. The fraction of sp³-hybridized carbons (Fsp3) is 0.400. The number of ether oxygens (including phenoxy) is 1. The number of carbonyl (C=O) groups excluding carboxylic acids is 1. The van der Waals surface area contributed by atoms with Gasteiger partial charge in [-0.3, -0.25) is 9.69 Å². The number of hydrogen-bond donors (Lipinski definition) is 0. The predicted molar refractivity (Wildman–Crippen MR) is 106 cm³/mol. The van der Waals surface area contributed by atoms with Gasteiger partial charge in [0.05, 0.1) is 16.2 Å². The molecule has 2 fully saturated rings. The zero-order valence-corrected chi connectivity index (χ0v) is 16.4. The molecule has 7 heteroatoms. The van der Waals surface area contributed by atoms with E-state index in [1.54, 1.807) is 36.5 Å². The molecule has 0 bridgehead atoms. The standard InChI is InChI=1S/C20H21Cl2N3O2/c21-17-6-4-15(12-18(17)22)27-16-5-7-19(23-13-16)20(26)25-9-1-8-24(10-11-25)14-2-3-14/h4-7,12-14H,1-3,8-11H2. The van der Waals surface area contributed by atoms with E-state index in [0.29, 0.717) is 27.2 Å². The number of benzene rings is 1. The summed E-state index contributed by atoms with van der Waals surface area (Å²) in [5.41, 5.74) is 0.441. The summed E-state index contributed by atoms with van der Waals surface area (Å²) in [6.07, 6.45) is 5.18. The SMILES string of the molecule is O=C(c1ccc(Oc2ccc(Cl)c(Cl)c2)cn1)N1CCCN(C2CC2)CC1. The Morgan fingerprint density at radius 1 is 1.00 bits per heavy atom. The van der Waals surface area contributed by atoms with E-state index in [1.165, 1.54) is 12.8 Å². The van der Waals surface area contributed by atoms with E-state index in [0.717, 1.165) is 38.6 Å². The third kappa shape index (κ3) is 4.54. The van der Waals surface area contributed by atoms with Crippen LogP contribution in [0.4, 0.5) is 0 Å². The molecule has 1 amide bonds. The van der Waals surface area contributed by atoms with E-state index in [-0.39, 0.29) is 5.91 Å². The number of aromatic nitrogens is 1. The average molecular weight is 406 g/mol. The molecule has 1 aliphatic heterocycles. The minimum Gasteiger partial charge on any atom is -0.456 e. The highest BCUT2D eigenvalue weighted by Crippen LogP contribution is 2.29. The minimum absolute atomic E-state index is 0.0197. The Morgan fingerprint density at radius 3 is 2.52 bits per heavy atom. The molecule has 5 nitrogen and oxygen atoms in total. The molecule has 2 heterocycles. The molecule has 27 heavy (non-hydrogen) atoms. The van der Waals surface area contributed by atoms with Gasteiger partial charge < -0.3 is 9.64 Å². The Bertz CT molecular complexity index is 824. The fourth-order valence-electron chi connectivity index (χ4n) is 3.35. The van der Waals surface area contributed by atoms with Crippen molar-refractivity contribution in [3.05, 3.63) is 52.3 Å². The lowest BCUT2D eigenvalue weighted by atomic mass is 10.3. The quantitative estimate of drug-likeness (QED) is 0.751. The molecule has 1 aliphatic carbocycles. The summed E-state index contributed by atoms with van der Waals surface area (Å²) in [4.78, 5) is 21.5. The summed E-state index contributed by atoms with van der Waals surface area (Å²) >= 11 is 11.9. The van der Waals surface area contributed by atoms with E-state index < -0.39 is 0 Å². The highest BCUT2D eigenvalue weighted by atomic mass is 35.5. The monoisotopic (exact) mass is 405 g/mol. The van der Waals surface area contributed by atoms with Crippen LogP contribution >= 0.6 is 23.2 Å². The van der Waals surface area contributed by atoms with Crippen molar-refractivity contribution in [3.8, 4) is 11.5 Å². The van der Waals surface area contributed by atoms with Gasteiger partial charge in [-0.25, -0.2) is 4.98 Å². The van der Waals surface area contributed by atoms with Gasteiger partial charge in [-0.15, -0.1) is 0 Å². The van der Waals surface area contributed by atoms with Crippen LogP contribution in [0.5, 0.6) is 11.5 Å². The Hall–Kier alpha value is -1.82. The lowest BCUT2D eigenvalue weighted by Crippen LogP contribution is -2.36. The molecule has 0 unspecified atom stereocenters. The summed E-state index contributed by atoms with van der Waals surface area (Å²) in [5, 5.41) is 0.899. The van der Waals surface area contributed by atoms with E-state index in [2.05, 4.69) is 9.88 Å². The zero-order valence-electron chi connectivity index (χ0n) is 14.9. The first-order chi connectivity index (χ1) is 13.1. The minimum atomic E-state index is -0.0197. The fourth-order valence-corrected chi connectivity index (χ4v) is 3.64. The van der Waals surface area contributed by atoms with Gasteiger partial charge in [0.2, 0.25) is 0 Å². The molecule has 2 aromatic rings. The van der Waals surface area contributed by atoms with Crippen LogP contribution in [0, 0.1) is 0 Å². The molecule has 0 N–H and O–H groups in total. The first kappa shape index (κ1) is 18.5. The first-order valence-electron chi connectivity index (χ1n) is 9.22. The van der Waals surface area contributed by atoms with Crippen LogP contribution in [0.2, 0.25) is 10.0 Å². The van der Waals surface area contributed by atoms with Crippen molar-refractivity contribution in [2.75, 3.05) is 26.2 Å². The van der Waals surface area contributed by atoms with Crippen LogP contribution in [-0.2, 0) is 0 Å². The third-order valence-corrected chi connectivity index (χ3v) is 5.70. The van der Waals surface area contributed by atoms with Crippen LogP contribution in [0.25, 0.3) is 0 Å². The molecule has 0 radical (unpaired) electrons. The Kier molecular flexibility index (Phi) is 5.53. The average Bonchev–Trinajstić information content (AvgIpc) is 3.51. The Labute approximate surface area is 168 Å². The smallest absolute Gasteiger partial charge is 0.272 e. The summed E-state index contributed by atoms with van der Waals surface area (Å²) in [6.45, 7) is 3.58. The van der Waals surface area contributed by atoms with Gasteiger partial charge in [0, 0.05) is 38.3 Å². The number of hydrogen-bond acceptors (Lipinski definition) is 4. The highest BCUT2D eigenvalue weighted by molar-refractivity contribution is 6.42. The predicted octanol–water partition coefficient (Wildman–Crippen LogP) is 4.49. The van der Waals surface area contributed by atoms with Crippen molar-refractivity contribution in [1.29, 1.82) is 0 Å². The molecule has 2 aliphatic rings. The van der Waals surface area contributed by atoms with Crippen LogP contribution in [0.15, 0.2) is 36.5 Å². The van der Waals surface area contributed by atoms with Crippen LogP contribution < -0.4 is 4.74 Å². The van der Waals surface area contributed by atoms with Gasteiger partial charge in [0.1, 0.15) is 17.2 Å². The van der Waals surface area contributed by atoms with Gasteiger partial charge in [0.25, 0.3) is 5.91 Å². The van der Waals surface area contributed by atoms with E-state index in [1.807, 2.05) is 4.90 Å². The summed E-state index contributed by atoms with van der Waals surface area (Å²) in [6, 6.07) is 9.25. The van der Waals surface area contributed by atoms with Crippen molar-refractivity contribution >= 4 is 29.1 Å². The molecule has 0 atom stereocenters. The van der Waals surface area contributed by atoms with Crippen LogP contribution in [0.1, 0.15) is 29.8 Å². The highest BCUT2D eigenvalue weighted by Gasteiger charge is 2.31. The second-order valence-corrected chi connectivity index (χ2v) is 7.78. The number of halogens is 2. The number of pyridine rings is 1. The maximum atomic E-state index is 12.8. The van der Waals surface area contributed by atoms with Gasteiger partial charge in [0.15, 0.2) is 0 Å². The van der Waals surface area contributed by atoms with Crippen molar-refractivity contribution in [1.82, 2.24) is 14.8 Å². The Balaban J connectivity index is 1.39. The molecule has 4 rings (SSSR count). The zero-order chi connectivity index (χ0) is 18.8. The topological polar surface area (TPSA) is 45.7 Å². The van der Waals surface area contributed by atoms with Gasteiger partial charge in [-0.2, -0.15) is 0 Å². The number of amides is 1. The van der Waals surface area contributed by atoms with Crippen molar-refractivity contribution in [3.63, 3.8) is 0 Å². The molecule has 1 aromatic carbocycles. The van der Waals surface area contributed by atoms with Crippen LogP contribution in [-0.4, -0.2) is 52.9 Å².